The molecule has 0 radical (unpaired) electrons. The van der Waals surface area contributed by atoms with Crippen LogP contribution >= 0.6 is 11.6 Å². The number of aliphatic hydroxyl groups is 1. The number of hydrogen-bond acceptors (Lipinski definition) is 8. The first-order valence-corrected chi connectivity index (χ1v) is 14.4. The number of aromatic nitrogens is 4. The minimum atomic E-state index is -0.841. The number of methoxy groups -OCH3 is 1. The van der Waals surface area contributed by atoms with E-state index in [1.165, 1.54) is 20.2 Å². The molecule has 1 atom stereocenters. The van der Waals surface area contributed by atoms with Crippen LogP contribution in [-0.4, -0.2) is 61.5 Å². The van der Waals surface area contributed by atoms with Gasteiger partial charge in [0.15, 0.2) is 0 Å². The molecule has 1 aliphatic carbocycles. The third-order valence-corrected chi connectivity index (χ3v) is 8.80. The van der Waals surface area contributed by atoms with Gasteiger partial charge in [-0.25, -0.2) is 18.9 Å². The average molecular weight is 621 g/mol. The molecule has 4 aromatic rings. The number of pyridine rings is 1. The predicted octanol–water partition coefficient (Wildman–Crippen LogP) is 3.23. The van der Waals surface area contributed by atoms with Crippen molar-refractivity contribution in [2.75, 3.05) is 25.5 Å². The fourth-order valence-corrected chi connectivity index (χ4v) is 6.40. The molecule has 2 aliphatic rings. The van der Waals surface area contributed by atoms with Crippen LogP contribution in [0.1, 0.15) is 39.6 Å². The lowest BCUT2D eigenvalue weighted by molar-refractivity contribution is -0.0256. The zero-order valence-electron chi connectivity index (χ0n) is 24.5. The number of hydrogen-bond donors (Lipinski definition) is 2. The van der Waals surface area contributed by atoms with Crippen molar-refractivity contribution in [1.82, 2.24) is 24.2 Å². The SMILES string of the molecule is COc1nc(-c2ccc(F)c(-c3cccc(NC(=O)c4nn(C)c(=O)n(C)c4=O)c3C)c2Cl)cc2c1[C@@H](N1CC(O)C1)CC2. The molecular weight excluding hydrogens is 591 g/mol. The van der Waals surface area contributed by atoms with Gasteiger partial charge in [-0.05, 0) is 60.7 Å². The van der Waals surface area contributed by atoms with E-state index in [4.69, 9.17) is 21.3 Å². The zero-order chi connectivity index (χ0) is 31.4. The number of carbonyl (C=O) groups excluding carboxylic acids is 1. The van der Waals surface area contributed by atoms with Crippen LogP contribution in [-0.2, 0) is 20.5 Å². The number of aliphatic hydroxyl groups excluding tert-OH is 1. The van der Waals surface area contributed by atoms with Crippen molar-refractivity contribution < 1.29 is 19.0 Å². The highest BCUT2D eigenvalue weighted by molar-refractivity contribution is 6.36. The Labute approximate surface area is 256 Å². The smallest absolute Gasteiger partial charge is 0.346 e. The highest BCUT2D eigenvalue weighted by Gasteiger charge is 2.38. The summed E-state index contributed by atoms with van der Waals surface area (Å²) in [4.78, 5) is 44.6. The molecule has 2 aromatic carbocycles. The van der Waals surface area contributed by atoms with Crippen LogP contribution in [0.4, 0.5) is 10.1 Å². The summed E-state index contributed by atoms with van der Waals surface area (Å²) in [6, 6.07) is 9.91. The summed E-state index contributed by atoms with van der Waals surface area (Å²) < 4.78 is 22.9. The number of ether oxygens (including phenoxy) is 1. The first-order valence-electron chi connectivity index (χ1n) is 14.0. The Kier molecular flexibility index (Phi) is 7.60. The van der Waals surface area contributed by atoms with Crippen LogP contribution in [0.25, 0.3) is 22.4 Å². The highest BCUT2D eigenvalue weighted by Crippen LogP contribution is 2.46. The van der Waals surface area contributed by atoms with Gasteiger partial charge in [-0.3, -0.25) is 19.1 Å². The Morgan fingerprint density at radius 2 is 1.91 bits per heavy atom. The van der Waals surface area contributed by atoms with E-state index in [1.807, 2.05) is 6.07 Å². The maximum Gasteiger partial charge on any atom is 0.346 e. The topological polar surface area (TPSA) is 132 Å². The van der Waals surface area contributed by atoms with Gasteiger partial charge in [-0.1, -0.05) is 23.7 Å². The van der Waals surface area contributed by atoms with Gasteiger partial charge in [0.25, 0.3) is 11.5 Å². The number of fused-ring (bicyclic) bond motifs is 1. The summed E-state index contributed by atoms with van der Waals surface area (Å²) in [6.07, 6.45) is 1.37. The van der Waals surface area contributed by atoms with Crippen LogP contribution in [0.15, 0.2) is 46.0 Å². The lowest BCUT2D eigenvalue weighted by atomic mass is 9.95. The third kappa shape index (κ3) is 4.88. The molecule has 1 aliphatic heterocycles. The number of nitrogens with zero attached hydrogens (tertiary/aromatic N) is 5. The maximum absolute atomic E-state index is 15.5. The third-order valence-electron chi connectivity index (χ3n) is 8.41. The number of carbonyl (C=O) groups is 1. The molecule has 11 nitrogen and oxygen atoms in total. The molecule has 228 valence electrons. The van der Waals surface area contributed by atoms with Crippen LogP contribution in [0, 0.1) is 12.7 Å². The van der Waals surface area contributed by atoms with Crippen molar-refractivity contribution in [2.24, 2.45) is 14.1 Å². The number of nitrogens with one attached hydrogen (secondary N) is 1. The Balaban J connectivity index is 1.37. The Morgan fingerprint density at radius 3 is 2.61 bits per heavy atom. The highest BCUT2D eigenvalue weighted by atomic mass is 35.5. The molecule has 1 saturated heterocycles. The van der Waals surface area contributed by atoms with Crippen molar-refractivity contribution in [3.8, 4) is 28.3 Å². The average Bonchev–Trinajstić information content (AvgIpc) is 3.41. The van der Waals surface area contributed by atoms with E-state index >= 15 is 4.39 Å². The van der Waals surface area contributed by atoms with Gasteiger partial charge in [0.05, 0.1) is 23.9 Å². The fourth-order valence-electron chi connectivity index (χ4n) is 6.04. The van der Waals surface area contributed by atoms with Gasteiger partial charge in [0, 0.05) is 55.6 Å². The lowest BCUT2D eigenvalue weighted by Crippen LogP contribution is -2.51. The van der Waals surface area contributed by atoms with E-state index in [9.17, 15) is 19.5 Å². The van der Waals surface area contributed by atoms with Gasteiger partial charge < -0.3 is 15.2 Å². The zero-order valence-corrected chi connectivity index (χ0v) is 25.3. The minimum absolute atomic E-state index is 0.112. The number of likely N-dealkylation sites (tertiary alicyclic amines) is 1. The van der Waals surface area contributed by atoms with E-state index in [2.05, 4.69) is 15.3 Å². The second kappa shape index (κ2) is 11.3. The molecule has 0 unspecified atom stereocenters. The molecule has 13 heteroatoms. The first kappa shape index (κ1) is 29.7. The van der Waals surface area contributed by atoms with E-state index in [-0.39, 0.29) is 22.7 Å². The van der Waals surface area contributed by atoms with Crippen LogP contribution in [0.3, 0.4) is 0 Å². The van der Waals surface area contributed by atoms with E-state index in [1.54, 1.807) is 38.3 Å². The summed E-state index contributed by atoms with van der Waals surface area (Å²) >= 11 is 6.92. The molecule has 44 heavy (non-hydrogen) atoms. The number of aryl methyl sites for hydroxylation is 2. The molecule has 6 rings (SSSR count). The molecule has 1 amide bonds. The summed E-state index contributed by atoms with van der Waals surface area (Å²) in [5, 5.41) is 16.4. The van der Waals surface area contributed by atoms with Gasteiger partial charge in [-0.15, -0.1) is 0 Å². The lowest BCUT2D eigenvalue weighted by Gasteiger charge is -2.40. The summed E-state index contributed by atoms with van der Waals surface area (Å²) in [7, 11) is 4.16. The van der Waals surface area contributed by atoms with Crippen molar-refractivity contribution in [2.45, 2.75) is 31.9 Å². The Bertz CT molecular complexity index is 1950. The Morgan fingerprint density at radius 1 is 1.16 bits per heavy atom. The number of amides is 1. The maximum atomic E-state index is 15.5. The molecule has 0 saturated carbocycles. The largest absolute Gasteiger partial charge is 0.481 e. The molecule has 3 heterocycles. The second-order valence-electron chi connectivity index (χ2n) is 11.1. The van der Waals surface area contributed by atoms with Crippen LogP contribution in [0.2, 0.25) is 5.02 Å². The number of β-amino-alcohol motifs (C(OH)–C–C–N with tert-alkyl or cyclic N) is 1. The predicted molar refractivity (Wildman–Crippen MR) is 163 cm³/mol. The monoisotopic (exact) mass is 620 g/mol. The second-order valence-corrected chi connectivity index (χ2v) is 11.5. The summed E-state index contributed by atoms with van der Waals surface area (Å²) in [5.41, 5.74) is 2.52. The molecule has 0 bridgehead atoms. The quantitative estimate of drug-likeness (QED) is 0.336. The van der Waals surface area contributed by atoms with Gasteiger partial charge in [-0.2, -0.15) is 5.10 Å². The normalized spacial score (nSPS) is 16.5. The first-order chi connectivity index (χ1) is 21.0. The van der Waals surface area contributed by atoms with Crippen molar-refractivity contribution >= 4 is 23.2 Å². The molecule has 2 aromatic heterocycles. The summed E-state index contributed by atoms with van der Waals surface area (Å²) in [6.45, 7) is 2.92. The van der Waals surface area contributed by atoms with Crippen LogP contribution in [0.5, 0.6) is 5.88 Å². The van der Waals surface area contributed by atoms with Gasteiger partial charge in [0.1, 0.15) is 5.82 Å². The van der Waals surface area contributed by atoms with E-state index in [0.29, 0.717) is 47.0 Å². The number of rotatable bonds is 6. The van der Waals surface area contributed by atoms with Crippen LogP contribution < -0.4 is 21.3 Å². The van der Waals surface area contributed by atoms with Crippen molar-refractivity contribution in [1.29, 1.82) is 0 Å². The standard InChI is InChI=1S/C31H30ClFN6O5/c1-15-18(6-5-7-21(15)34-28(41)27-30(42)37(2)31(43)38(3)36-27)25-20(33)10-9-19(26(25)32)22-12-16-8-11-23(39-13-17(40)14-39)24(16)29(35-22)44-4/h5-7,9-10,12,17,23,40H,8,11,13-14H2,1-4H3,(H,34,41)/t23-/m0/s1. The molecule has 1 fully saturated rings. The number of benzene rings is 2. The van der Waals surface area contributed by atoms with Gasteiger partial charge in [0.2, 0.25) is 11.6 Å². The van der Waals surface area contributed by atoms with Crippen molar-refractivity contribution in [3.05, 3.63) is 90.5 Å². The number of anilines is 1. The fraction of sp³-hybridized carbons (Fsp3) is 0.323. The molecule has 2 N–H and O–H groups in total. The minimum Gasteiger partial charge on any atom is -0.481 e. The number of halogens is 2. The van der Waals surface area contributed by atoms with E-state index in [0.717, 1.165) is 33.2 Å². The Hall–Kier alpha value is -4.39. The molecule has 0 spiro atoms. The van der Waals surface area contributed by atoms with E-state index < -0.39 is 28.7 Å². The van der Waals surface area contributed by atoms with Crippen molar-refractivity contribution in [3.63, 3.8) is 0 Å². The van der Waals surface area contributed by atoms with Gasteiger partial charge >= 0.3 is 5.69 Å². The molecular formula is C31H30ClFN6O5. The summed E-state index contributed by atoms with van der Waals surface area (Å²) in [5.74, 6) is -0.909.